The number of hydrogen-bond donors (Lipinski definition) is 0. The van der Waals surface area contributed by atoms with E-state index in [0.717, 1.165) is 5.01 Å². The molecule has 0 bridgehead atoms. The Morgan fingerprint density at radius 2 is 2.64 bits per heavy atom. The Bertz CT molecular complexity index is 232. The summed E-state index contributed by atoms with van der Waals surface area (Å²) in [6.45, 7) is 3.96. The fourth-order valence-corrected chi connectivity index (χ4v) is 1.34. The number of rotatable bonds is 4. The molecule has 0 radical (unpaired) electrons. The fraction of sp³-hybridized carbons (Fsp3) is 0.143. The van der Waals surface area contributed by atoms with E-state index in [9.17, 15) is 4.79 Å². The van der Waals surface area contributed by atoms with Crippen LogP contribution in [0.5, 0.6) is 5.06 Å². The van der Waals surface area contributed by atoms with Gasteiger partial charge in [-0.05, 0) is 0 Å². The van der Waals surface area contributed by atoms with Crippen LogP contribution in [0, 0.1) is 0 Å². The maximum absolute atomic E-state index is 9.88. The van der Waals surface area contributed by atoms with Crippen LogP contribution in [-0.4, -0.2) is 11.5 Å². The van der Waals surface area contributed by atoms with Gasteiger partial charge in [0.15, 0.2) is 0 Å². The lowest BCUT2D eigenvalue weighted by Gasteiger charge is -1.85. The van der Waals surface area contributed by atoms with E-state index in [1.165, 1.54) is 17.5 Å². The molecule has 0 spiro atoms. The molecule has 0 saturated carbocycles. The second-order valence-corrected chi connectivity index (χ2v) is 2.86. The number of nitrogens with zero attached hydrogens (tertiary/aromatic N) is 1. The molecule has 0 atom stereocenters. The molecule has 0 fully saturated rings. The third kappa shape index (κ3) is 2.16. The molecule has 0 aliphatic heterocycles. The third-order valence-electron chi connectivity index (χ3n) is 1.02. The zero-order valence-electron chi connectivity index (χ0n) is 5.82. The minimum atomic E-state index is 0.394. The van der Waals surface area contributed by atoms with Crippen molar-refractivity contribution in [1.82, 2.24) is 4.98 Å². The molecule has 58 valence electrons. The van der Waals surface area contributed by atoms with Gasteiger partial charge in [0.2, 0.25) is 5.06 Å². The van der Waals surface area contributed by atoms with Gasteiger partial charge in [0, 0.05) is 6.42 Å². The van der Waals surface area contributed by atoms with Crippen LogP contribution >= 0.6 is 11.3 Å². The van der Waals surface area contributed by atoms with Crippen LogP contribution in [0.4, 0.5) is 0 Å². The lowest BCUT2D eigenvalue weighted by atomic mass is 10.4. The van der Waals surface area contributed by atoms with Crippen molar-refractivity contribution in [3.63, 3.8) is 0 Å². The van der Waals surface area contributed by atoms with Crippen molar-refractivity contribution in [1.29, 1.82) is 0 Å². The Morgan fingerprint density at radius 3 is 3.27 bits per heavy atom. The molecule has 0 saturated heterocycles. The Kier molecular flexibility index (Phi) is 2.80. The first-order valence-electron chi connectivity index (χ1n) is 3.02. The monoisotopic (exact) mass is 169 g/mol. The fourth-order valence-electron chi connectivity index (χ4n) is 0.613. The Balaban J connectivity index is 2.64. The van der Waals surface area contributed by atoms with Crippen molar-refractivity contribution in [3.8, 4) is 5.06 Å². The molecule has 1 rings (SSSR count). The van der Waals surface area contributed by atoms with Crippen molar-refractivity contribution >= 4 is 17.8 Å². The second kappa shape index (κ2) is 3.88. The number of aromatic nitrogens is 1. The van der Waals surface area contributed by atoms with Gasteiger partial charge in [-0.2, -0.15) is 0 Å². The summed E-state index contributed by atoms with van der Waals surface area (Å²) in [6, 6.07) is 0. The van der Waals surface area contributed by atoms with Crippen molar-refractivity contribution in [3.05, 3.63) is 23.9 Å². The summed E-state index contributed by atoms with van der Waals surface area (Å²) in [5.74, 6) is 0. The van der Waals surface area contributed by atoms with Gasteiger partial charge in [-0.15, -0.1) is 6.58 Å². The van der Waals surface area contributed by atoms with Crippen LogP contribution in [0.15, 0.2) is 18.9 Å². The van der Waals surface area contributed by atoms with Crippen LogP contribution in [0.1, 0.15) is 5.01 Å². The van der Waals surface area contributed by atoms with E-state index in [4.69, 9.17) is 0 Å². The van der Waals surface area contributed by atoms with E-state index in [-0.39, 0.29) is 0 Å². The SMILES string of the molecule is C=CCc1ncc(OC=O)s1. The van der Waals surface area contributed by atoms with E-state index < -0.39 is 0 Å². The molecule has 0 unspecified atom stereocenters. The summed E-state index contributed by atoms with van der Waals surface area (Å²) in [6.07, 6.45) is 3.99. The molecule has 1 aromatic heterocycles. The molecule has 11 heavy (non-hydrogen) atoms. The predicted molar refractivity (Wildman–Crippen MR) is 42.7 cm³/mol. The quantitative estimate of drug-likeness (QED) is 0.505. The molecule has 0 aliphatic carbocycles. The Labute approximate surface area is 68.3 Å². The summed E-state index contributed by atoms with van der Waals surface area (Å²) < 4.78 is 4.57. The molecule has 3 nitrogen and oxygen atoms in total. The highest BCUT2D eigenvalue weighted by atomic mass is 32.1. The van der Waals surface area contributed by atoms with E-state index in [2.05, 4.69) is 16.3 Å². The van der Waals surface area contributed by atoms with Crippen molar-refractivity contribution < 1.29 is 9.53 Å². The first-order valence-corrected chi connectivity index (χ1v) is 3.84. The van der Waals surface area contributed by atoms with Gasteiger partial charge in [0.1, 0.15) is 0 Å². The van der Waals surface area contributed by atoms with E-state index >= 15 is 0 Å². The highest BCUT2D eigenvalue weighted by Crippen LogP contribution is 2.20. The lowest BCUT2D eigenvalue weighted by Crippen LogP contribution is -1.82. The van der Waals surface area contributed by atoms with Crippen LogP contribution < -0.4 is 4.74 Å². The normalized spacial score (nSPS) is 9.09. The smallest absolute Gasteiger partial charge is 0.299 e. The van der Waals surface area contributed by atoms with Crippen molar-refractivity contribution in [2.24, 2.45) is 0 Å². The number of allylic oxidation sites excluding steroid dienone is 1. The van der Waals surface area contributed by atoms with Gasteiger partial charge in [0.05, 0.1) is 11.2 Å². The Hall–Kier alpha value is -1.16. The number of ether oxygens (including phenoxy) is 1. The van der Waals surface area contributed by atoms with Crippen LogP contribution in [0.25, 0.3) is 0 Å². The molecule has 1 heterocycles. The van der Waals surface area contributed by atoms with Crippen molar-refractivity contribution in [2.45, 2.75) is 6.42 Å². The number of carbonyl (C=O) groups excluding carboxylic acids is 1. The maximum Gasteiger partial charge on any atom is 0.299 e. The molecular weight excluding hydrogens is 162 g/mol. The van der Waals surface area contributed by atoms with Crippen LogP contribution in [0.2, 0.25) is 0 Å². The maximum atomic E-state index is 9.88. The highest BCUT2D eigenvalue weighted by Gasteiger charge is 1.99. The van der Waals surface area contributed by atoms with E-state index in [1.54, 1.807) is 6.08 Å². The topological polar surface area (TPSA) is 39.2 Å². The summed E-state index contributed by atoms with van der Waals surface area (Å²) in [5, 5.41) is 1.42. The van der Waals surface area contributed by atoms with Gasteiger partial charge in [0.25, 0.3) is 6.47 Å². The predicted octanol–water partition coefficient (Wildman–Crippen LogP) is 1.41. The molecular formula is C7H7NO2S. The summed E-state index contributed by atoms with van der Waals surface area (Å²) >= 11 is 1.35. The third-order valence-corrected chi connectivity index (χ3v) is 1.93. The van der Waals surface area contributed by atoms with E-state index in [0.29, 0.717) is 18.0 Å². The van der Waals surface area contributed by atoms with Crippen molar-refractivity contribution in [2.75, 3.05) is 0 Å². The first-order chi connectivity index (χ1) is 5.36. The minimum absolute atomic E-state index is 0.394. The zero-order chi connectivity index (χ0) is 8.10. The number of hydrogen-bond acceptors (Lipinski definition) is 4. The van der Waals surface area contributed by atoms with Gasteiger partial charge < -0.3 is 4.74 Å². The Morgan fingerprint density at radius 1 is 1.82 bits per heavy atom. The summed E-state index contributed by atoms with van der Waals surface area (Å²) in [4.78, 5) is 13.9. The van der Waals surface area contributed by atoms with Gasteiger partial charge in [-0.3, -0.25) is 4.79 Å². The average molecular weight is 169 g/mol. The number of carbonyl (C=O) groups is 1. The minimum Gasteiger partial charge on any atom is -0.416 e. The van der Waals surface area contributed by atoms with E-state index in [1.807, 2.05) is 0 Å². The first kappa shape index (κ1) is 7.94. The van der Waals surface area contributed by atoms with Gasteiger partial charge in [-0.1, -0.05) is 17.4 Å². The summed E-state index contributed by atoms with van der Waals surface area (Å²) in [5.41, 5.74) is 0. The van der Waals surface area contributed by atoms with Gasteiger partial charge in [-0.25, -0.2) is 4.98 Å². The molecule has 0 N–H and O–H groups in total. The van der Waals surface area contributed by atoms with Crippen LogP contribution in [0.3, 0.4) is 0 Å². The molecule has 0 aliphatic rings. The molecule has 4 heteroatoms. The second-order valence-electron chi connectivity index (χ2n) is 1.78. The van der Waals surface area contributed by atoms with Gasteiger partial charge >= 0.3 is 0 Å². The molecule has 1 aromatic rings. The molecule has 0 aromatic carbocycles. The standard InChI is InChI=1S/C7H7NO2S/c1-2-3-6-8-4-7(11-6)10-5-9/h2,4-5H,1,3H2. The lowest BCUT2D eigenvalue weighted by molar-refractivity contribution is -0.120. The molecule has 0 amide bonds. The highest BCUT2D eigenvalue weighted by molar-refractivity contribution is 7.13. The number of thiazole rings is 1. The summed E-state index contributed by atoms with van der Waals surface area (Å²) in [7, 11) is 0. The van der Waals surface area contributed by atoms with Crippen LogP contribution in [-0.2, 0) is 11.2 Å². The largest absolute Gasteiger partial charge is 0.416 e. The zero-order valence-corrected chi connectivity index (χ0v) is 6.63. The average Bonchev–Trinajstić information content (AvgIpc) is 2.38.